The molecule has 21 heavy (non-hydrogen) atoms. The van der Waals surface area contributed by atoms with Crippen LogP contribution in [0.5, 0.6) is 11.5 Å². The molecule has 0 fully saturated rings. The molecule has 0 amide bonds. The molecule has 1 rings (SSSR count). The highest BCUT2D eigenvalue weighted by molar-refractivity contribution is 5.98. The minimum absolute atomic E-state index is 0.166. The van der Waals surface area contributed by atoms with E-state index in [0.29, 0.717) is 17.9 Å². The molecule has 0 saturated carbocycles. The maximum absolute atomic E-state index is 12.0. The van der Waals surface area contributed by atoms with Gasteiger partial charge in [-0.3, -0.25) is 4.79 Å². The molecule has 0 heterocycles. The number of carbonyl (C=O) groups is 1. The Bertz CT molecular complexity index is 571. The molecule has 0 spiro atoms. The molecule has 1 aromatic carbocycles. The number of aryl methyl sites for hydroxylation is 1. The van der Waals surface area contributed by atoms with Gasteiger partial charge in [-0.15, -0.1) is 0 Å². The highest BCUT2D eigenvalue weighted by Gasteiger charge is 2.11. The number of hydrogen-bond donors (Lipinski definition) is 0. The van der Waals surface area contributed by atoms with E-state index in [1.807, 2.05) is 18.2 Å². The van der Waals surface area contributed by atoms with E-state index < -0.39 is 0 Å². The van der Waals surface area contributed by atoms with Gasteiger partial charge in [-0.05, 0) is 24.1 Å². The second kappa shape index (κ2) is 7.95. The maximum atomic E-state index is 12.0. The van der Waals surface area contributed by atoms with Gasteiger partial charge in [0.05, 0.1) is 14.2 Å². The normalized spacial score (nSPS) is 10.7. The molecule has 0 atom stereocenters. The van der Waals surface area contributed by atoms with Crippen LogP contribution in [0, 0.1) is 11.3 Å². The Morgan fingerprint density at radius 1 is 1.29 bits per heavy atom. The van der Waals surface area contributed by atoms with Crippen LogP contribution in [0.15, 0.2) is 30.0 Å². The second-order valence-corrected chi connectivity index (χ2v) is 4.73. The fraction of sp³-hybridized carbons (Fsp3) is 0.375. The lowest BCUT2D eigenvalue weighted by Gasteiger charge is -2.09. The summed E-state index contributed by atoms with van der Waals surface area (Å²) in [5.41, 5.74) is 1.13. The third kappa shape index (κ3) is 4.84. The molecular weight excluding hydrogens is 268 g/mol. The molecule has 0 bridgehead atoms. The SMILES string of the molecule is COc1ccc(CCC(=O)/C(C#N)=C\N(C)C)cc1OC. The molecule has 112 valence electrons. The number of carbonyl (C=O) groups excluding carboxylic acids is 1. The number of allylic oxidation sites excluding steroid dienone is 1. The van der Waals surface area contributed by atoms with Crippen LogP contribution < -0.4 is 9.47 Å². The number of rotatable bonds is 7. The van der Waals surface area contributed by atoms with Gasteiger partial charge in [0.2, 0.25) is 0 Å². The van der Waals surface area contributed by atoms with Crippen LogP contribution in [0.25, 0.3) is 0 Å². The van der Waals surface area contributed by atoms with Crippen molar-refractivity contribution < 1.29 is 14.3 Å². The zero-order chi connectivity index (χ0) is 15.8. The monoisotopic (exact) mass is 288 g/mol. The lowest BCUT2D eigenvalue weighted by molar-refractivity contribution is -0.115. The lowest BCUT2D eigenvalue weighted by atomic mass is 10.0. The number of nitriles is 1. The minimum Gasteiger partial charge on any atom is -0.493 e. The van der Waals surface area contributed by atoms with E-state index in [-0.39, 0.29) is 17.8 Å². The molecule has 0 aliphatic heterocycles. The summed E-state index contributed by atoms with van der Waals surface area (Å²) in [5, 5.41) is 8.99. The second-order valence-electron chi connectivity index (χ2n) is 4.73. The summed E-state index contributed by atoms with van der Waals surface area (Å²) in [6, 6.07) is 7.47. The standard InChI is InChI=1S/C16H20N2O3/c1-18(2)11-13(10-17)14(19)7-5-12-6-8-15(20-3)16(9-12)21-4/h6,8-9,11H,5,7H2,1-4H3/b13-11-. The van der Waals surface area contributed by atoms with Crippen LogP contribution in [0.3, 0.4) is 0 Å². The van der Waals surface area contributed by atoms with E-state index >= 15 is 0 Å². The summed E-state index contributed by atoms with van der Waals surface area (Å²) in [6.07, 6.45) is 2.37. The highest BCUT2D eigenvalue weighted by Crippen LogP contribution is 2.28. The molecule has 0 radical (unpaired) electrons. The van der Waals surface area contributed by atoms with Gasteiger partial charge in [-0.1, -0.05) is 6.07 Å². The van der Waals surface area contributed by atoms with E-state index in [9.17, 15) is 4.79 Å². The summed E-state index contributed by atoms with van der Waals surface area (Å²) < 4.78 is 10.4. The Hall–Kier alpha value is -2.48. The molecule has 1 aromatic rings. The van der Waals surface area contributed by atoms with Gasteiger partial charge in [0.1, 0.15) is 11.6 Å². The average molecular weight is 288 g/mol. The van der Waals surface area contributed by atoms with Crippen molar-refractivity contribution in [1.29, 1.82) is 5.26 Å². The molecule has 0 N–H and O–H groups in total. The van der Waals surface area contributed by atoms with E-state index in [4.69, 9.17) is 14.7 Å². The molecule has 0 aromatic heterocycles. The topological polar surface area (TPSA) is 62.6 Å². The number of methoxy groups -OCH3 is 2. The number of benzene rings is 1. The fourth-order valence-electron chi connectivity index (χ4n) is 1.85. The summed E-state index contributed by atoms with van der Waals surface area (Å²) in [7, 11) is 6.70. The van der Waals surface area contributed by atoms with Crippen LogP contribution in [-0.2, 0) is 11.2 Å². The average Bonchev–Trinajstić information content (AvgIpc) is 2.49. The molecule has 0 aliphatic carbocycles. The number of ether oxygens (including phenoxy) is 2. The first-order valence-electron chi connectivity index (χ1n) is 6.54. The number of ketones is 1. The van der Waals surface area contributed by atoms with Crippen molar-refractivity contribution in [3.05, 3.63) is 35.5 Å². The molecular formula is C16H20N2O3. The number of nitrogens with zero attached hydrogens (tertiary/aromatic N) is 2. The van der Waals surface area contributed by atoms with E-state index in [1.54, 1.807) is 39.3 Å². The molecule has 0 unspecified atom stereocenters. The van der Waals surface area contributed by atoms with Crippen molar-refractivity contribution in [2.24, 2.45) is 0 Å². The number of hydrogen-bond acceptors (Lipinski definition) is 5. The summed E-state index contributed by atoms with van der Waals surface area (Å²) in [5.74, 6) is 1.12. The van der Waals surface area contributed by atoms with Gasteiger partial charge in [-0.2, -0.15) is 5.26 Å². The zero-order valence-electron chi connectivity index (χ0n) is 12.8. The van der Waals surface area contributed by atoms with Crippen molar-refractivity contribution in [3.63, 3.8) is 0 Å². The van der Waals surface area contributed by atoms with E-state index in [1.165, 1.54) is 6.20 Å². The van der Waals surface area contributed by atoms with Gasteiger partial charge in [0, 0.05) is 26.7 Å². The zero-order valence-corrected chi connectivity index (χ0v) is 12.8. The Morgan fingerprint density at radius 3 is 2.48 bits per heavy atom. The van der Waals surface area contributed by atoms with Crippen molar-refractivity contribution in [3.8, 4) is 17.6 Å². The smallest absolute Gasteiger partial charge is 0.175 e. The molecule has 5 heteroatoms. The van der Waals surface area contributed by atoms with Crippen molar-refractivity contribution >= 4 is 5.78 Å². The maximum Gasteiger partial charge on any atom is 0.175 e. The van der Waals surface area contributed by atoms with E-state index in [2.05, 4.69) is 0 Å². The molecule has 0 saturated heterocycles. The minimum atomic E-state index is -0.166. The van der Waals surface area contributed by atoms with Crippen LogP contribution in [0.4, 0.5) is 0 Å². The summed E-state index contributed by atoms with van der Waals surface area (Å²) in [6.45, 7) is 0. The van der Waals surface area contributed by atoms with Crippen LogP contribution in [0.1, 0.15) is 12.0 Å². The first-order chi connectivity index (χ1) is 10.0. The van der Waals surface area contributed by atoms with E-state index in [0.717, 1.165) is 5.56 Å². The van der Waals surface area contributed by atoms with Crippen molar-refractivity contribution in [2.45, 2.75) is 12.8 Å². The Labute approximate surface area is 125 Å². The van der Waals surface area contributed by atoms with Crippen LogP contribution >= 0.6 is 0 Å². The predicted octanol–water partition coefficient (Wildman–Crippen LogP) is 2.17. The van der Waals surface area contributed by atoms with Gasteiger partial charge < -0.3 is 14.4 Å². The van der Waals surface area contributed by atoms with Crippen molar-refractivity contribution in [1.82, 2.24) is 4.90 Å². The first-order valence-corrected chi connectivity index (χ1v) is 6.54. The third-order valence-electron chi connectivity index (χ3n) is 2.90. The Kier molecular flexibility index (Phi) is 6.28. The molecule has 5 nitrogen and oxygen atoms in total. The van der Waals surface area contributed by atoms with Crippen molar-refractivity contribution in [2.75, 3.05) is 28.3 Å². The quantitative estimate of drug-likeness (QED) is 0.568. The fourth-order valence-corrected chi connectivity index (χ4v) is 1.85. The first kappa shape index (κ1) is 16.6. The van der Waals surface area contributed by atoms with Crippen LogP contribution in [0.2, 0.25) is 0 Å². The third-order valence-corrected chi connectivity index (χ3v) is 2.90. The largest absolute Gasteiger partial charge is 0.493 e. The Morgan fingerprint density at radius 2 is 1.95 bits per heavy atom. The van der Waals surface area contributed by atoms with Crippen LogP contribution in [-0.4, -0.2) is 39.0 Å². The van der Waals surface area contributed by atoms with Gasteiger partial charge in [0.15, 0.2) is 17.3 Å². The highest BCUT2D eigenvalue weighted by atomic mass is 16.5. The Balaban J connectivity index is 2.76. The van der Waals surface area contributed by atoms with Gasteiger partial charge in [0.25, 0.3) is 0 Å². The molecule has 0 aliphatic rings. The van der Waals surface area contributed by atoms with Gasteiger partial charge >= 0.3 is 0 Å². The predicted molar refractivity (Wildman–Crippen MR) is 80.3 cm³/mol. The lowest BCUT2D eigenvalue weighted by Crippen LogP contribution is -2.09. The van der Waals surface area contributed by atoms with Gasteiger partial charge in [-0.25, -0.2) is 0 Å². The summed E-state index contributed by atoms with van der Waals surface area (Å²) >= 11 is 0. The summed E-state index contributed by atoms with van der Waals surface area (Å²) in [4.78, 5) is 13.7. The number of Topliss-reactive ketones (excluding diaryl/α,β-unsaturated/α-hetero) is 1.